The van der Waals surface area contributed by atoms with Gasteiger partial charge in [-0.1, -0.05) is 13.8 Å². The van der Waals surface area contributed by atoms with E-state index in [4.69, 9.17) is 4.42 Å². The summed E-state index contributed by atoms with van der Waals surface area (Å²) in [6.07, 6.45) is 3.56. The molecule has 0 bridgehead atoms. The van der Waals surface area contributed by atoms with Crippen molar-refractivity contribution in [3.05, 3.63) is 30.4 Å². The van der Waals surface area contributed by atoms with Gasteiger partial charge in [0, 0.05) is 23.7 Å². The molecule has 0 N–H and O–H groups in total. The quantitative estimate of drug-likeness (QED) is 0.642. The van der Waals surface area contributed by atoms with Crippen molar-refractivity contribution in [2.75, 3.05) is 0 Å². The Labute approximate surface area is 71.6 Å². The highest BCUT2D eigenvalue weighted by Crippen LogP contribution is 2.24. The molecule has 0 unspecified atom stereocenters. The van der Waals surface area contributed by atoms with E-state index < -0.39 is 0 Å². The van der Waals surface area contributed by atoms with Crippen molar-refractivity contribution in [1.29, 1.82) is 0 Å². The van der Waals surface area contributed by atoms with Crippen LogP contribution in [-0.2, 0) is 0 Å². The van der Waals surface area contributed by atoms with Crippen LogP contribution in [0.3, 0.4) is 0 Å². The van der Waals surface area contributed by atoms with Crippen LogP contribution >= 0.6 is 0 Å². The fourth-order valence-corrected chi connectivity index (χ4v) is 1.18. The molecule has 0 aromatic rings. The molecule has 0 radical (unpaired) electrons. The number of fused-ring (bicyclic) bond motifs is 1. The number of nitrogens with zero attached hydrogens (tertiary/aromatic N) is 1. The molecule has 2 heteroatoms. The van der Waals surface area contributed by atoms with Crippen LogP contribution in [-0.4, -0.2) is 4.98 Å². The molecule has 0 saturated heterocycles. The molecule has 0 amide bonds. The molecule has 0 fully saturated rings. The van der Waals surface area contributed by atoms with E-state index in [0.717, 1.165) is 17.0 Å². The van der Waals surface area contributed by atoms with Crippen molar-refractivity contribution in [1.82, 2.24) is 4.98 Å². The maximum atomic E-state index is 5.42. The highest BCUT2D eigenvalue weighted by atomic mass is 16.3. The van der Waals surface area contributed by atoms with Crippen LogP contribution in [0.4, 0.5) is 0 Å². The van der Waals surface area contributed by atoms with Gasteiger partial charge >= 0.3 is 0 Å². The van der Waals surface area contributed by atoms with E-state index in [-0.39, 0.29) is 0 Å². The Bertz CT molecular complexity index is 351. The monoisotopic (exact) mass is 161 g/mol. The van der Waals surface area contributed by atoms with Crippen LogP contribution in [0.25, 0.3) is 11.3 Å². The molecule has 2 rings (SSSR count). The first-order valence-electron chi connectivity index (χ1n) is 4.10. The molecule has 62 valence electrons. The molecular formula is C10H11NO. The van der Waals surface area contributed by atoms with Gasteiger partial charge in [0.1, 0.15) is 5.76 Å². The number of rotatable bonds is 1. The fourth-order valence-electron chi connectivity index (χ4n) is 1.18. The van der Waals surface area contributed by atoms with Gasteiger partial charge < -0.3 is 4.42 Å². The van der Waals surface area contributed by atoms with Gasteiger partial charge in [-0.3, -0.25) is 4.98 Å². The minimum Gasteiger partial charge on any atom is -0.468 e. The molecular weight excluding hydrogens is 150 g/mol. The zero-order chi connectivity index (χ0) is 8.55. The van der Waals surface area contributed by atoms with Gasteiger partial charge in [-0.25, -0.2) is 0 Å². The Morgan fingerprint density at radius 2 is 2.25 bits per heavy atom. The molecule has 2 heterocycles. The smallest absolute Gasteiger partial charge is 0.108 e. The van der Waals surface area contributed by atoms with E-state index >= 15 is 0 Å². The summed E-state index contributed by atoms with van der Waals surface area (Å²) in [5.74, 6) is 1.41. The minimum atomic E-state index is 0.422. The number of hydrogen-bond acceptors (Lipinski definition) is 2. The molecule has 0 saturated carbocycles. The van der Waals surface area contributed by atoms with Crippen molar-refractivity contribution in [2.45, 2.75) is 19.8 Å². The van der Waals surface area contributed by atoms with Gasteiger partial charge in [-0.15, -0.1) is 0 Å². The van der Waals surface area contributed by atoms with Crippen LogP contribution < -0.4 is 0 Å². The Kier molecular flexibility index (Phi) is 1.61. The van der Waals surface area contributed by atoms with Crippen LogP contribution in [0.5, 0.6) is 0 Å². The topological polar surface area (TPSA) is 26.0 Å². The van der Waals surface area contributed by atoms with E-state index in [1.54, 1.807) is 12.5 Å². The molecule has 0 aliphatic carbocycles. The van der Waals surface area contributed by atoms with Gasteiger partial charge in [-0.2, -0.15) is 0 Å². The third-order valence-corrected chi connectivity index (χ3v) is 1.93. The summed E-state index contributed by atoms with van der Waals surface area (Å²) in [4.78, 5) is 4.20. The molecule has 12 heavy (non-hydrogen) atoms. The maximum Gasteiger partial charge on any atom is 0.108 e. The van der Waals surface area contributed by atoms with Gasteiger partial charge in [0.25, 0.3) is 0 Å². The molecule has 0 atom stereocenters. The van der Waals surface area contributed by atoms with Crippen LogP contribution in [0.2, 0.25) is 0 Å². The summed E-state index contributed by atoms with van der Waals surface area (Å²) in [6, 6.07) is 3.95. The first-order chi connectivity index (χ1) is 5.77. The van der Waals surface area contributed by atoms with Crippen molar-refractivity contribution in [3.8, 4) is 11.3 Å². The van der Waals surface area contributed by atoms with Crippen molar-refractivity contribution in [2.24, 2.45) is 0 Å². The predicted molar refractivity (Wildman–Crippen MR) is 47.2 cm³/mol. The van der Waals surface area contributed by atoms with Gasteiger partial charge in [0.05, 0.1) is 12.0 Å². The fraction of sp³-hybridized carbons (Fsp3) is 0.300. The molecule has 2 aliphatic rings. The van der Waals surface area contributed by atoms with E-state index in [1.165, 1.54) is 0 Å². The summed E-state index contributed by atoms with van der Waals surface area (Å²) < 4.78 is 5.42. The van der Waals surface area contributed by atoms with Crippen molar-refractivity contribution < 1.29 is 4.42 Å². The standard InChI is InChI=1S/C10H11NO/c1-7(2)10-5-9-8(6-12-10)3-4-11-9/h3-7H,1-2H3. The first kappa shape index (κ1) is 7.35. The summed E-state index contributed by atoms with van der Waals surface area (Å²) in [5, 5.41) is 0. The predicted octanol–water partition coefficient (Wildman–Crippen LogP) is 2.90. The lowest BCUT2D eigenvalue weighted by Crippen LogP contribution is -1.88. The molecule has 0 aromatic carbocycles. The number of aromatic nitrogens is 1. The molecule has 0 spiro atoms. The highest BCUT2D eigenvalue weighted by Gasteiger charge is 2.08. The summed E-state index contributed by atoms with van der Waals surface area (Å²) in [5.41, 5.74) is 2.09. The Morgan fingerprint density at radius 1 is 1.42 bits per heavy atom. The third kappa shape index (κ3) is 1.09. The zero-order valence-corrected chi connectivity index (χ0v) is 7.24. The van der Waals surface area contributed by atoms with Crippen LogP contribution in [0, 0.1) is 0 Å². The zero-order valence-electron chi connectivity index (χ0n) is 7.24. The van der Waals surface area contributed by atoms with Crippen LogP contribution in [0.15, 0.2) is 29.0 Å². The summed E-state index contributed by atoms with van der Waals surface area (Å²) >= 11 is 0. The normalized spacial score (nSPS) is 11.2. The second kappa shape index (κ2) is 2.63. The lowest BCUT2D eigenvalue weighted by molar-refractivity contribution is 0.471. The van der Waals surface area contributed by atoms with Gasteiger partial charge in [0.15, 0.2) is 0 Å². The number of hydrogen-bond donors (Lipinski definition) is 0. The van der Waals surface area contributed by atoms with E-state index in [2.05, 4.69) is 18.8 Å². The molecule has 0 aromatic heterocycles. The lowest BCUT2D eigenvalue weighted by Gasteiger charge is -2.04. The van der Waals surface area contributed by atoms with E-state index in [9.17, 15) is 0 Å². The second-order valence-corrected chi connectivity index (χ2v) is 3.22. The Balaban J connectivity index is 2.54. The third-order valence-electron chi connectivity index (χ3n) is 1.93. The average molecular weight is 161 g/mol. The average Bonchev–Trinajstić information content (AvgIpc) is 2.49. The second-order valence-electron chi connectivity index (χ2n) is 3.22. The highest BCUT2D eigenvalue weighted by molar-refractivity contribution is 5.59. The molecule has 2 aliphatic heterocycles. The van der Waals surface area contributed by atoms with Crippen LogP contribution in [0.1, 0.15) is 25.5 Å². The van der Waals surface area contributed by atoms with E-state index in [0.29, 0.717) is 5.92 Å². The lowest BCUT2D eigenvalue weighted by atomic mass is 10.1. The van der Waals surface area contributed by atoms with Gasteiger partial charge in [0.2, 0.25) is 0 Å². The summed E-state index contributed by atoms with van der Waals surface area (Å²) in [6.45, 7) is 4.21. The Morgan fingerprint density at radius 3 is 3.00 bits per heavy atom. The maximum absolute atomic E-state index is 5.42. The first-order valence-corrected chi connectivity index (χ1v) is 4.10. The largest absolute Gasteiger partial charge is 0.468 e. The van der Waals surface area contributed by atoms with E-state index in [1.807, 2.05) is 12.1 Å². The minimum absolute atomic E-state index is 0.422. The van der Waals surface area contributed by atoms with Crippen molar-refractivity contribution >= 4 is 0 Å². The van der Waals surface area contributed by atoms with Gasteiger partial charge in [-0.05, 0) is 6.07 Å². The van der Waals surface area contributed by atoms with Crippen molar-refractivity contribution in [3.63, 3.8) is 0 Å². The Hall–Kier alpha value is -1.31. The molecule has 2 nitrogen and oxygen atoms in total. The SMILES string of the molecule is CC(C)c1cc2nccc-2co1. The summed E-state index contributed by atoms with van der Waals surface area (Å²) in [7, 11) is 0.